The number of hydrogen-bond donors (Lipinski definition) is 0. The number of hydrogen-bond acceptors (Lipinski definition) is 2. The van der Waals surface area contributed by atoms with E-state index in [1.54, 1.807) is 37.1 Å². The second-order valence-electron chi connectivity index (χ2n) is 5.01. The molecule has 0 heterocycles. The molecule has 1 atom stereocenters. The van der Waals surface area contributed by atoms with Gasteiger partial charge in [0.2, 0.25) is 0 Å². The molecule has 0 radical (unpaired) electrons. The van der Waals surface area contributed by atoms with Gasteiger partial charge in [0.15, 0.2) is 6.10 Å². The van der Waals surface area contributed by atoms with E-state index in [1.165, 1.54) is 0 Å². The molecule has 0 unspecified atom stereocenters. The standard InChI is InChI=1S/C17H17Cl2NO2/c1-12(22-16-9-8-14(18)10-15(16)19)17(21)20(2)11-13-6-4-3-5-7-13/h3-10,12H,11H2,1-2H3/t12-/m0/s1. The summed E-state index contributed by atoms with van der Waals surface area (Å²) in [7, 11) is 1.75. The summed E-state index contributed by atoms with van der Waals surface area (Å²) in [5.41, 5.74) is 1.06. The topological polar surface area (TPSA) is 29.5 Å². The summed E-state index contributed by atoms with van der Waals surface area (Å²) in [5, 5.41) is 0.912. The van der Waals surface area contributed by atoms with Gasteiger partial charge in [-0.3, -0.25) is 4.79 Å². The van der Waals surface area contributed by atoms with Gasteiger partial charge in [0.05, 0.1) is 5.02 Å². The van der Waals surface area contributed by atoms with Crippen LogP contribution in [0.15, 0.2) is 48.5 Å². The Morgan fingerprint density at radius 3 is 2.50 bits per heavy atom. The monoisotopic (exact) mass is 337 g/mol. The Morgan fingerprint density at radius 1 is 1.18 bits per heavy atom. The third-order valence-corrected chi connectivity index (χ3v) is 3.71. The Hall–Kier alpha value is -1.71. The molecule has 0 fully saturated rings. The highest BCUT2D eigenvalue weighted by atomic mass is 35.5. The van der Waals surface area contributed by atoms with Crippen LogP contribution in [-0.4, -0.2) is 24.0 Å². The fraction of sp³-hybridized carbons (Fsp3) is 0.235. The highest BCUT2D eigenvalue weighted by Gasteiger charge is 2.20. The lowest BCUT2D eigenvalue weighted by Gasteiger charge is -2.22. The largest absolute Gasteiger partial charge is 0.479 e. The number of carbonyl (C=O) groups is 1. The number of ether oxygens (including phenoxy) is 1. The van der Waals surface area contributed by atoms with Crippen molar-refractivity contribution in [3.05, 3.63) is 64.1 Å². The van der Waals surface area contributed by atoms with Crippen molar-refractivity contribution in [1.82, 2.24) is 4.90 Å². The van der Waals surface area contributed by atoms with Gasteiger partial charge in [-0.15, -0.1) is 0 Å². The number of likely N-dealkylation sites (N-methyl/N-ethyl adjacent to an activating group) is 1. The van der Waals surface area contributed by atoms with Crippen LogP contribution in [0.25, 0.3) is 0 Å². The fourth-order valence-electron chi connectivity index (χ4n) is 2.06. The van der Waals surface area contributed by atoms with Crippen molar-refractivity contribution in [2.24, 2.45) is 0 Å². The molecule has 0 aliphatic carbocycles. The summed E-state index contributed by atoms with van der Waals surface area (Å²) < 4.78 is 5.64. The lowest BCUT2D eigenvalue weighted by atomic mass is 10.2. The maximum Gasteiger partial charge on any atom is 0.263 e. The van der Waals surface area contributed by atoms with E-state index in [0.29, 0.717) is 22.3 Å². The molecule has 0 aromatic heterocycles. The molecular weight excluding hydrogens is 321 g/mol. The number of benzene rings is 2. The summed E-state index contributed by atoms with van der Waals surface area (Å²) in [4.78, 5) is 14.0. The number of amides is 1. The van der Waals surface area contributed by atoms with Crippen molar-refractivity contribution in [1.29, 1.82) is 0 Å². The van der Waals surface area contributed by atoms with Crippen LogP contribution in [0.4, 0.5) is 0 Å². The Morgan fingerprint density at radius 2 is 1.86 bits per heavy atom. The highest BCUT2D eigenvalue weighted by molar-refractivity contribution is 6.35. The van der Waals surface area contributed by atoms with Gasteiger partial charge in [0.25, 0.3) is 5.91 Å². The van der Waals surface area contributed by atoms with Crippen molar-refractivity contribution < 1.29 is 9.53 Å². The zero-order chi connectivity index (χ0) is 16.1. The van der Waals surface area contributed by atoms with E-state index < -0.39 is 6.10 Å². The predicted molar refractivity (Wildman–Crippen MR) is 89.5 cm³/mol. The van der Waals surface area contributed by atoms with E-state index in [1.807, 2.05) is 30.3 Å². The van der Waals surface area contributed by atoms with E-state index in [2.05, 4.69) is 0 Å². The van der Waals surface area contributed by atoms with Gasteiger partial charge in [-0.05, 0) is 30.7 Å². The van der Waals surface area contributed by atoms with Gasteiger partial charge in [-0.25, -0.2) is 0 Å². The van der Waals surface area contributed by atoms with Crippen molar-refractivity contribution in [3.63, 3.8) is 0 Å². The molecule has 0 saturated heterocycles. The lowest BCUT2D eigenvalue weighted by molar-refractivity contribution is -0.137. The molecule has 0 spiro atoms. The quantitative estimate of drug-likeness (QED) is 0.808. The third kappa shape index (κ3) is 4.39. The molecule has 2 rings (SSSR count). The molecule has 0 aliphatic rings. The van der Waals surface area contributed by atoms with E-state index in [9.17, 15) is 4.79 Å². The summed E-state index contributed by atoms with van der Waals surface area (Å²) in [6.07, 6.45) is -0.632. The third-order valence-electron chi connectivity index (χ3n) is 3.18. The first kappa shape index (κ1) is 16.7. The first-order chi connectivity index (χ1) is 10.5. The normalized spacial score (nSPS) is 11.8. The smallest absolute Gasteiger partial charge is 0.263 e. The van der Waals surface area contributed by atoms with Gasteiger partial charge >= 0.3 is 0 Å². The van der Waals surface area contributed by atoms with E-state index >= 15 is 0 Å². The molecule has 2 aromatic carbocycles. The molecule has 116 valence electrons. The average molecular weight is 338 g/mol. The Bertz CT molecular complexity index is 646. The van der Waals surface area contributed by atoms with Crippen molar-refractivity contribution in [3.8, 4) is 5.75 Å². The minimum absolute atomic E-state index is 0.116. The maximum absolute atomic E-state index is 12.4. The van der Waals surface area contributed by atoms with Gasteiger partial charge in [-0.1, -0.05) is 53.5 Å². The van der Waals surface area contributed by atoms with E-state index in [-0.39, 0.29) is 5.91 Å². The fourth-order valence-corrected chi connectivity index (χ4v) is 2.51. The molecule has 0 saturated carbocycles. The van der Waals surface area contributed by atoms with Crippen LogP contribution >= 0.6 is 23.2 Å². The number of rotatable bonds is 5. The van der Waals surface area contributed by atoms with Crippen LogP contribution < -0.4 is 4.74 Å². The van der Waals surface area contributed by atoms with Crippen LogP contribution in [0.3, 0.4) is 0 Å². The highest BCUT2D eigenvalue weighted by Crippen LogP contribution is 2.28. The average Bonchev–Trinajstić information content (AvgIpc) is 2.50. The Kier molecular flexibility index (Phi) is 5.69. The number of carbonyl (C=O) groups excluding carboxylic acids is 1. The van der Waals surface area contributed by atoms with Crippen LogP contribution in [0.5, 0.6) is 5.75 Å². The van der Waals surface area contributed by atoms with Gasteiger partial charge < -0.3 is 9.64 Å². The van der Waals surface area contributed by atoms with Crippen molar-refractivity contribution in [2.45, 2.75) is 19.6 Å². The van der Waals surface area contributed by atoms with Crippen LogP contribution in [0, 0.1) is 0 Å². The molecule has 1 amide bonds. The Labute approximate surface area is 140 Å². The Balaban J connectivity index is 1.99. The molecule has 0 aliphatic heterocycles. The first-order valence-electron chi connectivity index (χ1n) is 6.88. The van der Waals surface area contributed by atoms with Crippen molar-refractivity contribution in [2.75, 3.05) is 7.05 Å². The SMILES string of the molecule is C[C@H](Oc1ccc(Cl)cc1Cl)C(=O)N(C)Cc1ccccc1. The molecule has 0 N–H and O–H groups in total. The van der Waals surface area contributed by atoms with Gasteiger partial charge in [0, 0.05) is 18.6 Å². The van der Waals surface area contributed by atoms with Crippen LogP contribution in [-0.2, 0) is 11.3 Å². The molecule has 0 bridgehead atoms. The maximum atomic E-state index is 12.4. The van der Waals surface area contributed by atoms with Gasteiger partial charge in [-0.2, -0.15) is 0 Å². The summed E-state index contributed by atoms with van der Waals surface area (Å²) in [6, 6.07) is 14.7. The number of halogens is 2. The van der Waals surface area contributed by atoms with E-state index in [0.717, 1.165) is 5.56 Å². The zero-order valence-electron chi connectivity index (χ0n) is 12.4. The second-order valence-corrected chi connectivity index (χ2v) is 5.86. The molecule has 5 heteroatoms. The summed E-state index contributed by atoms with van der Waals surface area (Å²) >= 11 is 11.9. The summed E-state index contributed by atoms with van der Waals surface area (Å²) in [5.74, 6) is 0.329. The zero-order valence-corrected chi connectivity index (χ0v) is 13.9. The molecule has 3 nitrogen and oxygen atoms in total. The predicted octanol–water partition coefficient (Wildman–Crippen LogP) is 4.42. The minimum Gasteiger partial charge on any atom is -0.479 e. The molecule has 2 aromatic rings. The van der Waals surface area contributed by atoms with Crippen LogP contribution in [0.2, 0.25) is 10.0 Å². The number of nitrogens with zero attached hydrogens (tertiary/aromatic N) is 1. The second kappa shape index (κ2) is 7.52. The summed E-state index contributed by atoms with van der Waals surface area (Å²) in [6.45, 7) is 2.23. The minimum atomic E-state index is -0.632. The molecule has 22 heavy (non-hydrogen) atoms. The van der Waals surface area contributed by atoms with E-state index in [4.69, 9.17) is 27.9 Å². The van der Waals surface area contributed by atoms with Gasteiger partial charge in [0.1, 0.15) is 5.75 Å². The van der Waals surface area contributed by atoms with Crippen molar-refractivity contribution >= 4 is 29.1 Å². The first-order valence-corrected chi connectivity index (χ1v) is 7.63. The van der Waals surface area contributed by atoms with Crippen LogP contribution in [0.1, 0.15) is 12.5 Å². The molecular formula is C17H17Cl2NO2. The lowest BCUT2D eigenvalue weighted by Crippen LogP contribution is -2.37.